The first kappa shape index (κ1) is 25.3. The van der Waals surface area contributed by atoms with Gasteiger partial charge in [0.1, 0.15) is 17.5 Å². The van der Waals surface area contributed by atoms with Crippen molar-refractivity contribution in [1.29, 1.82) is 0 Å². The Bertz CT molecular complexity index is 1050. The number of benzene rings is 2. The highest BCUT2D eigenvalue weighted by Crippen LogP contribution is 2.26. The molecular formula is C26H30N2O5S. The Balaban J connectivity index is 1.88. The van der Waals surface area contributed by atoms with Gasteiger partial charge in [0.15, 0.2) is 0 Å². The average molecular weight is 483 g/mol. The maximum Gasteiger partial charge on any atom is 0.247 e. The first-order valence-corrected chi connectivity index (χ1v) is 11.8. The summed E-state index contributed by atoms with van der Waals surface area (Å²) in [6.45, 7) is 0.904. The summed E-state index contributed by atoms with van der Waals surface area (Å²) in [5.74, 6) is 0.934. The molecule has 0 bridgehead atoms. The summed E-state index contributed by atoms with van der Waals surface area (Å²) in [4.78, 5) is 29.5. The Labute approximate surface area is 204 Å². The first-order valence-electron chi connectivity index (χ1n) is 10.9. The molecule has 0 spiro atoms. The van der Waals surface area contributed by atoms with Gasteiger partial charge in [0.25, 0.3) is 0 Å². The van der Waals surface area contributed by atoms with E-state index in [1.807, 2.05) is 60.0 Å². The van der Waals surface area contributed by atoms with Gasteiger partial charge in [0, 0.05) is 25.1 Å². The number of hydrogen-bond donors (Lipinski definition) is 1. The summed E-state index contributed by atoms with van der Waals surface area (Å²) in [6.07, 6.45) is 0.216. The van der Waals surface area contributed by atoms with Gasteiger partial charge in [-0.2, -0.15) is 0 Å². The van der Waals surface area contributed by atoms with Crippen molar-refractivity contribution in [2.24, 2.45) is 0 Å². The lowest BCUT2D eigenvalue weighted by atomic mass is 10.0. The molecule has 34 heavy (non-hydrogen) atoms. The molecule has 0 aliphatic carbocycles. The zero-order chi connectivity index (χ0) is 24.3. The second kappa shape index (κ2) is 12.8. The van der Waals surface area contributed by atoms with Crippen LogP contribution in [0.5, 0.6) is 11.5 Å². The Hall–Kier alpha value is -3.36. The molecule has 0 radical (unpaired) electrons. The number of methoxy groups -OCH3 is 3. The monoisotopic (exact) mass is 482 g/mol. The summed E-state index contributed by atoms with van der Waals surface area (Å²) >= 11 is 1.52. The fourth-order valence-corrected chi connectivity index (χ4v) is 4.26. The van der Waals surface area contributed by atoms with E-state index in [4.69, 9.17) is 14.2 Å². The van der Waals surface area contributed by atoms with Crippen molar-refractivity contribution < 1.29 is 23.8 Å². The number of rotatable bonds is 12. The number of hydrogen-bond acceptors (Lipinski definition) is 6. The van der Waals surface area contributed by atoms with Gasteiger partial charge in [-0.05, 0) is 46.8 Å². The van der Waals surface area contributed by atoms with Crippen LogP contribution in [0.4, 0.5) is 0 Å². The van der Waals surface area contributed by atoms with Gasteiger partial charge in [-0.1, -0.05) is 30.3 Å². The van der Waals surface area contributed by atoms with Crippen molar-refractivity contribution in [2.45, 2.75) is 19.0 Å². The molecule has 7 nitrogen and oxygen atoms in total. The van der Waals surface area contributed by atoms with Gasteiger partial charge in [-0.15, -0.1) is 11.3 Å². The van der Waals surface area contributed by atoms with Crippen LogP contribution in [0.2, 0.25) is 0 Å². The summed E-state index contributed by atoms with van der Waals surface area (Å²) in [5.41, 5.74) is 1.59. The smallest absolute Gasteiger partial charge is 0.247 e. The fourth-order valence-electron chi connectivity index (χ4n) is 3.56. The summed E-state index contributed by atoms with van der Waals surface area (Å²) in [7, 11) is 4.76. The Morgan fingerprint density at radius 2 is 1.74 bits per heavy atom. The SMILES string of the molecule is COCCN(C(=O)Cc1cccs1)C(C(=O)NCc1ccc(OC)cc1)c1cccc(OC)c1. The molecular weight excluding hydrogens is 452 g/mol. The van der Waals surface area contributed by atoms with E-state index < -0.39 is 6.04 Å². The molecule has 1 aromatic heterocycles. The summed E-state index contributed by atoms with van der Waals surface area (Å²) < 4.78 is 15.8. The minimum Gasteiger partial charge on any atom is -0.497 e. The van der Waals surface area contributed by atoms with Gasteiger partial charge < -0.3 is 24.4 Å². The largest absolute Gasteiger partial charge is 0.497 e. The first-order chi connectivity index (χ1) is 16.5. The molecule has 0 aliphatic heterocycles. The molecule has 0 fully saturated rings. The van der Waals surface area contributed by atoms with E-state index in [-0.39, 0.29) is 24.8 Å². The molecule has 1 atom stereocenters. The van der Waals surface area contributed by atoms with E-state index in [1.165, 1.54) is 11.3 Å². The number of ether oxygens (including phenoxy) is 3. The molecule has 0 saturated carbocycles. The van der Waals surface area contributed by atoms with Crippen molar-refractivity contribution >= 4 is 23.2 Å². The van der Waals surface area contributed by atoms with Gasteiger partial charge in [-0.3, -0.25) is 9.59 Å². The van der Waals surface area contributed by atoms with Crippen molar-refractivity contribution in [3.8, 4) is 11.5 Å². The molecule has 1 heterocycles. The van der Waals surface area contributed by atoms with E-state index >= 15 is 0 Å². The van der Waals surface area contributed by atoms with Gasteiger partial charge in [0.2, 0.25) is 11.8 Å². The molecule has 180 valence electrons. The summed E-state index contributed by atoms with van der Waals surface area (Å²) in [5, 5.41) is 4.92. The number of amides is 2. The average Bonchev–Trinajstić information content (AvgIpc) is 3.38. The normalized spacial score (nSPS) is 11.5. The Morgan fingerprint density at radius 1 is 0.971 bits per heavy atom. The predicted molar refractivity (Wildman–Crippen MR) is 132 cm³/mol. The third-order valence-corrected chi connectivity index (χ3v) is 6.23. The summed E-state index contributed by atoms with van der Waals surface area (Å²) in [6, 6.07) is 17.7. The van der Waals surface area contributed by atoms with Crippen LogP contribution in [-0.4, -0.2) is 51.2 Å². The van der Waals surface area contributed by atoms with Crippen molar-refractivity contribution in [2.75, 3.05) is 34.5 Å². The second-order valence-electron chi connectivity index (χ2n) is 7.58. The van der Waals surface area contributed by atoms with Crippen LogP contribution < -0.4 is 14.8 Å². The van der Waals surface area contributed by atoms with E-state index in [0.717, 1.165) is 16.2 Å². The number of carbonyl (C=O) groups is 2. The number of nitrogens with zero attached hydrogens (tertiary/aromatic N) is 1. The highest BCUT2D eigenvalue weighted by molar-refractivity contribution is 7.10. The van der Waals surface area contributed by atoms with Crippen LogP contribution in [0.1, 0.15) is 22.0 Å². The zero-order valence-electron chi connectivity index (χ0n) is 19.7. The molecule has 8 heteroatoms. The van der Waals surface area contributed by atoms with E-state index in [1.54, 1.807) is 32.3 Å². The van der Waals surface area contributed by atoms with Crippen LogP contribution in [0.3, 0.4) is 0 Å². The Kier molecular flexibility index (Phi) is 9.49. The van der Waals surface area contributed by atoms with Crippen LogP contribution in [0.15, 0.2) is 66.0 Å². The topological polar surface area (TPSA) is 77.1 Å². The van der Waals surface area contributed by atoms with Crippen LogP contribution in [-0.2, 0) is 27.3 Å². The third-order valence-electron chi connectivity index (χ3n) is 5.36. The molecule has 1 unspecified atom stereocenters. The lowest BCUT2D eigenvalue weighted by Gasteiger charge is -2.31. The second-order valence-corrected chi connectivity index (χ2v) is 8.61. The lowest BCUT2D eigenvalue weighted by molar-refractivity contribution is -0.141. The fraction of sp³-hybridized carbons (Fsp3) is 0.308. The van der Waals surface area contributed by atoms with Crippen molar-refractivity contribution in [3.05, 3.63) is 82.0 Å². The molecule has 3 rings (SSSR count). The maximum atomic E-state index is 13.5. The van der Waals surface area contributed by atoms with E-state index in [2.05, 4.69) is 5.32 Å². The molecule has 1 N–H and O–H groups in total. The highest BCUT2D eigenvalue weighted by Gasteiger charge is 2.31. The van der Waals surface area contributed by atoms with Gasteiger partial charge in [-0.25, -0.2) is 0 Å². The number of carbonyl (C=O) groups excluding carboxylic acids is 2. The standard InChI is InChI=1S/C26H30N2O5S/c1-31-14-13-28(24(29)17-23-8-5-15-34-23)25(20-6-4-7-22(16-20)33-3)26(30)27-18-19-9-11-21(32-2)12-10-19/h4-12,15-16,25H,13-14,17-18H2,1-3H3,(H,27,30). The third kappa shape index (κ3) is 6.82. The minimum absolute atomic E-state index is 0.146. The Morgan fingerprint density at radius 3 is 2.38 bits per heavy atom. The van der Waals surface area contributed by atoms with Gasteiger partial charge in [0.05, 0.1) is 27.2 Å². The quantitative estimate of drug-likeness (QED) is 0.425. The number of nitrogens with one attached hydrogen (secondary N) is 1. The molecule has 0 saturated heterocycles. The zero-order valence-corrected chi connectivity index (χ0v) is 20.5. The molecule has 0 aliphatic rings. The van der Waals surface area contributed by atoms with Crippen molar-refractivity contribution in [3.63, 3.8) is 0 Å². The minimum atomic E-state index is -0.837. The molecule has 3 aromatic rings. The number of thiophene rings is 1. The van der Waals surface area contributed by atoms with E-state index in [9.17, 15) is 9.59 Å². The van der Waals surface area contributed by atoms with Crippen LogP contribution in [0, 0.1) is 0 Å². The maximum absolute atomic E-state index is 13.5. The molecule has 2 amide bonds. The lowest BCUT2D eigenvalue weighted by Crippen LogP contribution is -2.45. The van der Waals surface area contributed by atoms with Gasteiger partial charge >= 0.3 is 0 Å². The van der Waals surface area contributed by atoms with Crippen molar-refractivity contribution in [1.82, 2.24) is 10.2 Å². The predicted octanol–water partition coefficient (Wildman–Crippen LogP) is 3.84. The molecule has 2 aromatic carbocycles. The van der Waals surface area contributed by atoms with Crippen LogP contribution in [0.25, 0.3) is 0 Å². The highest BCUT2D eigenvalue weighted by atomic mass is 32.1. The van der Waals surface area contributed by atoms with Crippen LogP contribution >= 0.6 is 11.3 Å². The van der Waals surface area contributed by atoms with E-state index in [0.29, 0.717) is 24.5 Å².